The number of nitrogens with zero attached hydrogens (tertiary/aromatic N) is 1. The second-order valence-corrected chi connectivity index (χ2v) is 10.7. The summed E-state index contributed by atoms with van der Waals surface area (Å²) < 4.78 is 0.944. The first-order chi connectivity index (χ1) is 17.0. The Morgan fingerprint density at radius 1 is 1.00 bits per heavy atom. The van der Waals surface area contributed by atoms with Gasteiger partial charge in [-0.2, -0.15) is 0 Å². The van der Waals surface area contributed by atoms with E-state index in [2.05, 4.69) is 21.2 Å². The number of hydrogen-bond acceptors (Lipinski definition) is 3. The van der Waals surface area contributed by atoms with Crippen LogP contribution in [0.5, 0.6) is 0 Å². The van der Waals surface area contributed by atoms with E-state index in [1.807, 2.05) is 85.8 Å². The molecule has 2 amide bonds. The van der Waals surface area contributed by atoms with Gasteiger partial charge in [0.05, 0.1) is 0 Å². The molecule has 0 spiro atoms. The van der Waals surface area contributed by atoms with E-state index >= 15 is 0 Å². The van der Waals surface area contributed by atoms with Crippen molar-refractivity contribution in [3.8, 4) is 0 Å². The lowest BCUT2D eigenvalue weighted by molar-refractivity contribution is -0.141. The first-order valence-corrected chi connectivity index (χ1v) is 13.9. The number of halogens is 2. The van der Waals surface area contributed by atoms with E-state index in [0.717, 1.165) is 26.2 Å². The number of thioether (sulfide) groups is 1. The number of amides is 2. The van der Waals surface area contributed by atoms with Gasteiger partial charge in [-0.15, -0.1) is 11.8 Å². The first-order valence-electron chi connectivity index (χ1n) is 11.7. The zero-order valence-corrected chi connectivity index (χ0v) is 22.9. The van der Waals surface area contributed by atoms with Gasteiger partial charge in [0.1, 0.15) is 6.04 Å². The van der Waals surface area contributed by atoms with E-state index in [4.69, 9.17) is 11.6 Å². The summed E-state index contributed by atoms with van der Waals surface area (Å²) >= 11 is 11.2. The first kappa shape index (κ1) is 27.3. The predicted molar refractivity (Wildman–Crippen MR) is 149 cm³/mol. The van der Waals surface area contributed by atoms with E-state index in [1.165, 1.54) is 0 Å². The quantitative estimate of drug-likeness (QED) is 0.193. The average Bonchev–Trinajstić information content (AvgIpc) is 2.86. The lowest BCUT2D eigenvalue weighted by atomic mass is 10.0. The Bertz CT molecular complexity index is 1100. The van der Waals surface area contributed by atoms with Crippen LogP contribution >= 0.6 is 39.3 Å². The SMILES string of the molecule is CCNC(=O)[C@@H](Cc1ccccc1)N(Cc1cccc(Br)c1)C(=O)CCCSc1ccc(Cl)cc1. The number of rotatable bonds is 12. The van der Waals surface area contributed by atoms with Crippen LogP contribution < -0.4 is 5.32 Å². The lowest BCUT2D eigenvalue weighted by Gasteiger charge is -2.31. The normalized spacial score (nSPS) is 11.6. The molecule has 0 saturated heterocycles. The molecule has 0 radical (unpaired) electrons. The Labute approximate surface area is 225 Å². The van der Waals surface area contributed by atoms with Gasteiger partial charge in [0.2, 0.25) is 11.8 Å². The van der Waals surface area contributed by atoms with Crippen LogP contribution in [0.25, 0.3) is 0 Å². The molecule has 0 unspecified atom stereocenters. The third-order valence-electron chi connectivity index (χ3n) is 5.48. The zero-order chi connectivity index (χ0) is 25.0. The van der Waals surface area contributed by atoms with Crippen molar-refractivity contribution in [2.45, 2.75) is 43.7 Å². The summed E-state index contributed by atoms with van der Waals surface area (Å²) in [7, 11) is 0. The molecule has 7 heteroatoms. The van der Waals surface area contributed by atoms with E-state index in [1.54, 1.807) is 16.7 Å². The van der Waals surface area contributed by atoms with Crippen molar-refractivity contribution in [1.82, 2.24) is 10.2 Å². The molecule has 0 bridgehead atoms. The van der Waals surface area contributed by atoms with Gasteiger partial charge >= 0.3 is 0 Å². The molecular formula is C28H30BrClN2O2S. The molecule has 3 rings (SSSR count). The number of nitrogens with one attached hydrogen (secondary N) is 1. The molecule has 3 aromatic rings. The summed E-state index contributed by atoms with van der Waals surface area (Å²) in [6.45, 7) is 2.78. The minimum atomic E-state index is -0.590. The largest absolute Gasteiger partial charge is 0.355 e. The molecule has 0 aliphatic rings. The van der Waals surface area contributed by atoms with Crippen molar-refractivity contribution in [2.75, 3.05) is 12.3 Å². The van der Waals surface area contributed by atoms with Crippen LogP contribution in [0.15, 0.2) is 88.2 Å². The smallest absolute Gasteiger partial charge is 0.243 e. The molecular weight excluding hydrogens is 544 g/mol. The van der Waals surface area contributed by atoms with Crippen LogP contribution in [-0.4, -0.2) is 35.1 Å². The third-order valence-corrected chi connectivity index (χ3v) is 7.32. The van der Waals surface area contributed by atoms with Crippen LogP contribution in [0.2, 0.25) is 5.02 Å². The molecule has 0 aliphatic carbocycles. The van der Waals surface area contributed by atoms with Gasteiger partial charge in [0.15, 0.2) is 0 Å². The number of carbonyl (C=O) groups is 2. The molecule has 1 N–H and O–H groups in total. The predicted octanol–water partition coefficient (Wildman–Crippen LogP) is 6.75. The fourth-order valence-electron chi connectivity index (χ4n) is 3.77. The van der Waals surface area contributed by atoms with Crippen molar-refractivity contribution in [1.29, 1.82) is 0 Å². The maximum absolute atomic E-state index is 13.5. The van der Waals surface area contributed by atoms with Gasteiger partial charge in [-0.05, 0) is 66.6 Å². The van der Waals surface area contributed by atoms with Gasteiger partial charge in [0.25, 0.3) is 0 Å². The van der Waals surface area contributed by atoms with Crippen molar-refractivity contribution in [3.63, 3.8) is 0 Å². The highest BCUT2D eigenvalue weighted by Gasteiger charge is 2.29. The lowest BCUT2D eigenvalue weighted by Crippen LogP contribution is -2.50. The Balaban J connectivity index is 1.76. The zero-order valence-electron chi connectivity index (χ0n) is 19.8. The minimum absolute atomic E-state index is 0.0196. The Hall–Kier alpha value is -2.28. The molecule has 4 nitrogen and oxygen atoms in total. The third kappa shape index (κ3) is 9.02. The molecule has 0 fully saturated rings. The molecule has 0 aromatic heterocycles. The summed E-state index contributed by atoms with van der Waals surface area (Å²) in [5.41, 5.74) is 2.00. The summed E-state index contributed by atoms with van der Waals surface area (Å²) in [4.78, 5) is 29.6. The number of carbonyl (C=O) groups excluding carboxylic acids is 2. The van der Waals surface area contributed by atoms with Crippen LogP contribution in [0.1, 0.15) is 30.9 Å². The Kier molecular flexibility index (Phi) is 11.2. The second-order valence-electron chi connectivity index (χ2n) is 8.16. The van der Waals surface area contributed by atoms with Gasteiger partial charge in [-0.25, -0.2) is 0 Å². The second kappa shape index (κ2) is 14.3. The number of likely N-dealkylation sites (N-methyl/N-ethyl adjacent to an activating group) is 1. The molecule has 0 saturated carbocycles. The average molecular weight is 574 g/mol. The summed E-state index contributed by atoms with van der Waals surface area (Å²) in [5.74, 6) is 0.659. The molecule has 184 valence electrons. The maximum Gasteiger partial charge on any atom is 0.243 e. The number of benzene rings is 3. The fraction of sp³-hybridized carbons (Fsp3) is 0.286. The van der Waals surface area contributed by atoms with Crippen LogP contribution in [-0.2, 0) is 22.6 Å². The van der Waals surface area contributed by atoms with Crippen LogP contribution in [0, 0.1) is 0 Å². The van der Waals surface area contributed by atoms with Crippen molar-refractivity contribution < 1.29 is 9.59 Å². The molecule has 0 aliphatic heterocycles. The fourth-order valence-corrected chi connectivity index (χ4v) is 5.19. The van der Waals surface area contributed by atoms with Crippen molar-refractivity contribution in [2.24, 2.45) is 0 Å². The highest BCUT2D eigenvalue weighted by atomic mass is 79.9. The molecule has 1 atom stereocenters. The maximum atomic E-state index is 13.5. The van der Waals surface area contributed by atoms with Gasteiger partial charge in [-0.1, -0.05) is 70.0 Å². The van der Waals surface area contributed by atoms with E-state index in [9.17, 15) is 9.59 Å². The molecule has 3 aromatic carbocycles. The van der Waals surface area contributed by atoms with E-state index < -0.39 is 6.04 Å². The Morgan fingerprint density at radius 3 is 2.40 bits per heavy atom. The summed E-state index contributed by atoms with van der Waals surface area (Å²) in [5, 5.41) is 3.65. The molecule has 35 heavy (non-hydrogen) atoms. The van der Waals surface area contributed by atoms with Crippen molar-refractivity contribution in [3.05, 3.63) is 99.5 Å². The number of hydrogen-bond donors (Lipinski definition) is 1. The Morgan fingerprint density at radius 2 is 1.71 bits per heavy atom. The van der Waals surface area contributed by atoms with Gasteiger partial charge < -0.3 is 10.2 Å². The highest BCUT2D eigenvalue weighted by molar-refractivity contribution is 9.10. The monoisotopic (exact) mass is 572 g/mol. The van der Waals surface area contributed by atoms with Crippen LogP contribution in [0.4, 0.5) is 0 Å². The van der Waals surface area contributed by atoms with Gasteiger partial charge in [-0.3, -0.25) is 9.59 Å². The van der Waals surface area contributed by atoms with Crippen molar-refractivity contribution >= 4 is 51.1 Å². The topological polar surface area (TPSA) is 49.4 Å². The van der Waals surface area contributed by atoms with E-state index in [0.29, 0.717) is 37.4 Å². The molecule has 0 heterocycles. The minimum Gasteiger partial charge on any atom is -0.355 e. The highest BCUT2D eigenvalue weighted by Crippen LogP contribution is 2.23. The van der Waals surface area contributed by atoms with Gasteiger partial charge in [0, 0.05) is 40.3 Å². The van der Waals surface area contributed by atoms with Crippen LogP contribution in [0.3, 0.4) is 0 Å². The summed E-state index contributed by atoms with van der Waals surface area (Å²) in [6.07, 6.45) is 1.56. The summed E-state index contributed by atoms with van der Waals surface area (Å²) in [6, 6.07) is 24.9. The van der Waals surface area contributed by atoms with E-state index in [-0.39, 0.29) is 11.8 Å². The standard InChI is InChI=1S/C28H30BrClN2O2S/c1-2-31-28(34)26(19-21-8-4-3-5-9-21)32(20-22-10-6-11-23(29)18-22)27(33)12-7-17-35-25-15-13-24(30)14-16-25/h3-6,8-11,13-16,18,26H,2,7,12,17,19-20H2,1H3,(H,31,34)/t26-/m1/s1.